The topological polar surface area (TPSA) is 82.3 Å². The molecule has 1 heterocycles. The Morgan fingerprint density at radius 1 is 1.59 bits per heavy atom. The molecule has 0 fully saturated rings. The lowest BCUT2D eigenvalue weighted by molar-refractivity contribution is -0.389. The van der Waals surface area contributed by atoms with Crippen LogP contribution in [0.4, 0.5) is 18.9 Å². The predicted molar refractivity (Wildman–Crippen MR) is 47.1 cm³/mol. The number of carbonyl (C=O) groups excluding carboxylic acids is 1. The second kappa shape index (κ2) is 4.76. The number of nitrogens with zero attached hydrogens (tertiary/aromatic N) is 2. The van der Waals surface area contributed by atoms with Gasteiger partial charge in [0.05, 0.1) is 12.0 Å². The summed E-state index contributed by atoms with van der Waals surface area (Å²) in [5.74, 6) is -3.02. The maximum absolute atomic E-state index is 13.4. The van der Waals surface area contributed by atoms with E-state index in [1.807, 2.05) is 0 Å². The molecule has 1 aromatic rings. The number of halogens is 3. The summed E-state index contributed by atoms with van der Waals surface area (Å²) in [6.07, 6.45) is -2.90. The highest BCUT2D eigenvalue weighted by atomic mass is 19.3. The molecule has 6 nitrogen and oxygen atoms in total. The Balaban J connectivity index is 3.49. The quantitative estimate of drug-likeness (QED) is 0.464. The van der Waals surface area contributed by atoms with Crippen LogP contribution >= 0.6 is 0 Å². The van der Waals surface area contributed by atoms with Crippen LogP contribution in [0.15, 0.2) is 6.20 Å². The van der Waals surface area contributed by atoms with Crippen molar-refractivity contribution in [2.45, 2.75) is 6.43 Å². The fourth-order valence-corrected chi connectivity index (χ4v) is 1.08. The van der Waals surface area contributed by atoms with E-state index in [-0.39, 0.29) is 0 Å². The van der Waals surface area contributed by atoms with Gasteiger partial charge in [0.2, 0.25) is 5.82 Å². The van der Waals surface area contributed by atoms with Gasteiger partial charge in [-0.3, -0.25) is 10.1 Å². The van der Waals surface area contributed by atoms with Crippen LogP contribution in [-0.2, 0) is 4.74 Å². The maximum Gasteiger partial charge on any atom is 0.360 e. The molecule has 17 heavy (non-hydrogen) atoms. The first-order chi connectivity index (χ1) is 7.90. The smallest absolute Gasteiger partial charge is 0.360 e. The number of hydrogen-bond donors (Lipinski definition) is 0. The third-order valence-electron chi connectivity index (χ3n) is 1.82. The zero-order chi connectivity index (χ0) is 13.2. The lowest BCUT2D eigenvalue weighted by Crippen LogP contribution is -2.11. The van der Waals surface area contributed by atoms with Crippen LogP contribution in [-0.4, -0.2) is 23.0 Å². The first-order valence-electron chi connectivity index (χ1n) is 4.09. The van der Waals surface area contributed by atoms with Gasteiger partial charge < -0.3 is 4.74 Å². The average molecular weight is 250 g/mol. The number of rotatable bonds is 3. The van der Waals surface area contributed by atoms with E-state index in [9.17, 15) is 28.1 Å². The number of hydrogen-bond acceptors (Lipinski definition) is 5. The van der Waals surface area contributed by atoms with Gasteiger partial charge in [0.15, 0.2) is 5.69 Å². The van der Waals surface area contributed by atoms with Gasteiger partial charge in [-0.25, -0.2) is 18.6 Å². The zero-order valence-corrected chi connectivity index (χ0v) is 8.32. The van der Waals surface area contributed by atoms with Crippen molar-refractivity contribution in [2.75, 3.05) is 7.11 Å². The van der Waals surface area contributed by atoms with Gasteiger partial charge in [-0.2, -0.15) is 4.39 Å². The third kappa shape index (κ3) is 2.32. The highest BCUT2D eigenvalue weighted by molar-refractivity contribution is 5.88. The highest BCUT2D eigenvalue weighted by Crippen LogP contribution is 2.31. The summed E-state index contributed by atoms with van der Waals surface area (Å²) in [5, 5.41) is 10.5. The SMILES string of the molecule is COC(=O)c1ncc(C(F)F)c([N+](=O)[O-])c1F. The average Bonchev–Trinajstić information content (AvgIpc) is 2.26. The van der Waals surface area contributed by atoms with Crippen LogP contribution in [0.5, 0.6) is 0 Å². The molecule has 0 aromatic carbocycles. The minimum atomic E-state index is -3.27. The minimum absolute atomic E-state index is 0.373. The molecule has 0 N–H and O–H groups in total. The van der Waals surface area contributed by atoms with Crippen molar-refractivity contribution in [3.05, 3.63) is 33.4 Å². The molecule has 0 radical (unpaired) electrons. The second-order valence-corrected chi connectivity index (χ2v) is 2.77. The van der Waals surface area contributed by atoms with Crippen LogP contribution in [0.2, 0.25) is 0 Å². The van der Waals surface area contributed by atoms with Crippen LogP contribution in [0.25, 0.3) is 0 Å². The largest absolute Gasteiger partial charge is 0.464 e. The summed E-state index contributed by atoms with van der Waals surface area (Å²) >= 11 is 0. The maximum atomic E-state index is 13.4. The highest BCUT2D eigenvalue weighted by Gasteiger charge is 2.32. The normalized spacial score (nSPS) is 10.4. The van der Waals surface area contributed by atoms with Crippen LogP contribution in [0.3, 0.4) is 0 Å². The molecule has 0 bridgehead atoms. The molecular formula is C8H5F3N2O4. The molecule has 0 aliphatic heterocycles. The Kier molecular flexibility index (Phi) is 3.61. The van der Waals surface area contributed by atoms with E-state index in [1.165, 1.54) is 0 Å². The lowest BCUT2D eigenvalue weighted by atomic mass is 10.2. The Bertz CT molecular complexity index is 478. The van der Waals surface area contributed by atoms with Gasteiger partial charge in [0, 0.05) is 6.20 Å². The molecule has 92 valence electrons. The summed E-state index contributed by atoms with van der Waals surface area (Å²) in [4.78, 5) is 23.2. The number of pyridine rings is 1. The number of methoxy groups -OCH3 is 1. The molecule has 0 unspecified atom stereocenters. The molecule has 1 rings (SSSR count). The van der Waals surface area contributed by atoms with Gasteiger partial charge in [0.1, 0.15) is 5.56 Å². The van der Waals surface area contributed by atoms with Crippen molar-refractivity contribution >= 4 is 11.7 Å². The number of aromatic nitrogens is 1. The molecule has 0 saturated carbocycles. The monoisotopic (exact) mass is 250 g/mol. The number of esters is 1. The van der Waals surface area contributed by atoms with Crippen molar-refractivity contribution in [3.63, 3.8) is 0 Å². The summed E-state index contributed by atoms with van der Waals surface area (Å²) < 4.78 is 42.3. The molecule has 0 atom stereocenters. The van der Waals surface area contributed by atoms with E-state index < -0.39 is 40.1 Å². The molecule has 0 spiro atoms. The molecule has 0 aliphatic carbocycles. The van der Waals surface area contributed by atoms with Crippen molar-refractivity contribution in [3.8, 4) is 0 Å². The molecule has 0 saturated heterocycles. The minimum Gasteiger partial charge on any atom is -0.464 e. The van der Waals surface area contributed by atoms with E-state index in [0.717, 1.165) is 7.11 Å². The molecule has 9 heteroatoms. The Morgan fingerprint density at radius 2 is 2.18 bits per heavy atom. The molecular weight excluding hydrogens is 245 g/mol. The summed E-state index contributed by atoms with van der Waals surface area (Å²) in [7, 11) is 0.899. The molecule has 1 aromatic heterocycles. The van der Waals surface area contributed by atoms with Crippen LogP contribution in [0.1, 0.15) is 22.5 Å². The number of nitro groups is 1. The van der Waals surface area contributed by atoms with Crippen LogP contribution in [0, 0.1) is 15.9 Å². The van der Waals surface area contributed by atoms with E-state index in [1.54, 1.807) is 0 Å². The first-order valence-corrected chi connectivity index (χ1v) is 4.09. The Hall–Kier alpha value is -2.19. The van der Waals surface area contributed by atoms with Gasteiger partial charge in [-0.15, -0.1) is 0 Å². The predicted octanol–water partition coefficient (Wildman–Crippen LogP) is 1.85. The van der Waals surface area contributed by atoms with Gasteiger partial charge in [0.25, 0.3) is 6.43 Å². The fraction of sp³-hybridized carbons (Fsp3) is 0.250. The summed E-state index contributed by atoms with van der Waals surface area (Å²) in [5.41, 5.74) is -3.68. The lowest BCUT2D eigenvalue weighted by Gasteiger charge is -2.05. The molecule has 0 amide bonds. The Labute approximate surface area is 92.2 Å². The van der Waals surface area contributed by atoms with Gasteiger partial charge >= 0.3 is 11.7 Å². The van der Waals surface area contributed by atoms with E-state index >= 15 is 0 Å². The van der Waals surface area contributed by atoms with E-state index in [0.29, 0.717) is 6.20 Å². The van der Waals surface area contributed by atoms with Gasteiger partial charge in [-0.05, 0) is 0 Å². The van der Waals surface area contributed by atoms with Crippen molar-refractivity contribution in [1.82, 2.24) is 4.98 Å². The number of alkyl halides is 2. The molecule has 0 aliphatic rings. The zero-order valence-electron chi connectivity index (χ0n) is 8.32. The Morgan fingerprint density at radius 3 is 2.59 bits per heavy atom. The standard InChI is InChI=1S/C8H5F3N2O4/c1-17-8(14)5-4(9)6(13(15)16)3(2-12-5)7(10)11/h2,7H,1H3. The number of ether oxygens (including phenoxy) is 1. The van der Waals surface area contributed by atoms with E-state index in [4.69, 9.17) is 0 Å². The van der Waals surface area contributed by atoms with Crippen molar-refractivity contribution in [2.24, 2.45) is 0 Å². The third-order valence-corrected chi connectivity index (χ3v) is 1.82. The van der Waals surface area contributed by atoms with Gasteiger partial charge in [-0.1, -0.05) is 0 Å². The summed E-state index contributed by atoms with van der Waals surface area (Å²) in [6, 6.07) is 0. The fourth-order valence-electron chi connectivity index (χ4n) is 1.08. The van der Waals surface area contributed by atoms with Crippen molar-refractivity contribution in [1.29, 1.82) is 0 Å². The number of carbonyl (C=O) groups is 1. The summed E-state index contributed by atoms with van der Waals surface area (Å²) in [6.45, 7) is 0. The second-order valence-electron chi connectivity index (χ2n) is 2.77. The van der Waals surface area contributed by atoms with Crippen molar-refractivity contribution < 1.29 is 27.6 Å². The first kappa shape index (κ1) is 12.9. The van der Waals surface area contributed by atoms with Crippen LogP contribution < -0.4 is 0 Å². The van der Waals surface area contributed by atoms with E-state index in [2.05, 4.69) is 9.72 Å².